The molecule has 3 nitrogen and oxygen atoms in total. The Hall–Kier alpha value is -1.35. The summed E-state index contributed by atoms with van der Waals surface area (Å²) < 4.78 is 4.76. The zero-order valence-electron chi connectivity index (χ0n) is 8.77. The van der Waals surface area contributed by atoms with Crippen molar-refractivity contribution in [2.24, 2.45) is 11.7 Å². The Balaban J connectivity index is 2.29. The van der Waals surface area contributed by atoms with E-state index in [9.17, 15) is 4.79 Å². The summed E-state index contributed by atoms with van der Waals surface area (Å²) >= 11 is 0. The molecular formula is C12H15NO2. The van der Waals surface area contributed by atoms with E-state index in [0.29, 0.717) is 0 Å². The van der Waals surface area contributed by atoms with Crippen LogP contribution in [-0.4, -0.2) is 13.1 Å². The smallest absolute Gasteiger partial charge is 0.310 e. The summed E-state index contributed by atoms with van der Waals surface area (Å²) in [5.41, 5.74) is 8.40. The minimum absolute atomic E-state index is 0.190. The average molecular weight is 205 g/mol. The van der Waals surface area contributed by atoms with Crippen LogP contribution in [0.15, 0.2) is 24.3 Å². The first kappa shape index (κ1) is 10.2. The van der Waals surface area contributed by atoms with Crippen LogP contribution < -0.4 is 5.73 Å². The number of benzene rings is 1. The molecular weight excluding hydrogens is 190 g/mol. The molecule has 2 atom stereocenters. The van der Waals surface area contributed by atoms with E-state index >= 15 is 0 Å². The lowest BCUT2D eigenvalue weighted by Gasteiger charge is -2.28. The van der Waals surface area contributed by atoms with Gasteiger partial charge in [0.1, 0.15) is 0 Å². The van der Waals surface area contributed by atoms with Crippen LogP contribution in [0.2, 0.25) is 0 Å². The maximum atomic E-state index is 11.5. The van der Waals surface area contributed by atoms with Crippen LogP contribution in [-0.2, 0) is 16.0 Å². The van der Waals surface area contributed by atoms with Gasteiger partial charge in [-0.25, -0.2) is 0 Å². The second kappa shape index (κ2) is 4.03. The summed E-state index contributed by atoms with van der Waals surface area (Å²) in [6.45, 7) is 0. The first-order valence-electron chi connectivity index (χ1n) is 5.15. The largest absolute Gasteiger partial charge is 0.469 e. The van der Waals surface area contributed by atoms with Gasteiger partial charge in [0.25, 0.3) is 0 Å². The van der Waals surface area contributed by atoms with Gasteiger partial charge in [0.2, 0.25) is 0 Å². The highest BCUT2D eigenvalue weighted by Crippen LogP contribution is 2.33. The minimum atomic E-state index is -0.220. The van der Waals surface area contributed by atoms with Gasteiger partial charge in [0.15, 0.2) is 0 Å². The number of hydrogen-bond acceptors (Lipinski definition) is 3. The standard InChI is InChI=1S/C12H15NO2/c1-15-12(14)10-7-6-8-4-2-3-5-9(8)11(10)13/h2-5,10-11H,6-7,13H2,1H3/t10-,11+/m0/s1. The highest BCUT2D eigenvalue weighted by atomic mass is 16.5. The third kappa shape index (κ3) is 1.75. The monoisotopic (exact) mass is 205 g/mol. The Morgan fingerprint density at radius 2 is 2.20 bits per heavy atom. The van der Waals surface area contributed by atoms with Gasteiger partial charge in [-0.05, 0) is 24.0 Å². The molecule has 2 N–H and O–H groups in total. The lowest BCUT2D eigenvalue weighted by Crippen LogP contribution is -2.33. The quantitative estimate of drug-likeness (QED) is 0.705. The molecule has 80 valence electrons. The number of carbonyl (C=O) groups is 1. The van der Waals surface area contributed by atoms with Crippen molar-refractivity contribution in [3.8, 4) is 0 Å². The van der Waals surface area contributed by atoms with Gasteiger partial charge in [-0.2, -0.15) is 0 Å². The predicted octanol–water partition coefficient (Wildman–Crippen LogP) is 1.42. The second-order valence-electron chi connectivity index (χ2n) is 3.89. The summed E-state index contributed by atoms with van der Waals surface area (Å²) in [6, 6.07) is 7.81. The fraction of sp³-hybridized carbons (Fsp3) is 0.417. The molecule has 0 aromatic heterocycles. The Bertz CT molecular complexity index is 376. The maximum Gasteiger partial charge on any atom is 0.310 e. The van der Waals surface area contributed by atoms with Gasteiger partial charge < -0.3 is 10.5 Å². The van der Waals surface area contributed by atoms with Crippen LogP contribution >= 0.6 is 0 Å². The van der Waals surface area contributed by atoms with Gasteiger partial charge >= 0.3 is 5.97 Å². The van der Waals surface area contributed by atoms with Crippen molar-refractivity contribution >= 4 is 5.97 Å². The lowest BCUT2D eigenvalue weighted by molar-refractivity contribution is -0.146. The topological polar surface area (TPSA) is 52.3 Å². The van der Waals surface area contributed by atoms with E-state index in [1.807, 2.05) is 18.2 Å². The molecule has 0 aliphatic heterocycles. The third-order valence-electron chi connectivity index (χ3n) is 3.08. The molecule has 2 rings (SSSR count). The predicted molar refractivity (Wildman–Crippen MR) is 57.2 cm³/mol. The normalized spacial score (nSPS) is 24.4. The fourth-order valence-electron chi connectivity index (χ4n) is 2.21. The molecule has 0 amide bonds. The lowest BCUT2D eigenvalue weighted by atomic mass is 9.80. The van der Waals surface area contributed by atoms with Crippen LogP contribution in [0.25, 0.3) is 0 Å². The number of aryl methyl sites for hydroxylation is 1. The molecule has 0 radical (unpaired) electrons. The number of nitrogens with two attached hydrogens (primary N) is 1. The Labute approximate surface area is 89.2 Å². The second-order valence-corrected chi connectivity index (χ2v) is 3.89. The molecule has 1 aliphatic rings. The molecule has 1 aromatic carbocycles. The fourth-order valence-corrected chi connectivity index (χ4v) is 2.21. The van der Waals surface area contributed by atoms with Crippen LogP contribution in [0, 0.1) is 5.92 Å². The number of carbonyl (C=O) groups excluding carboxylic acids is 1. The maximum absolute atomic E-state index is 11.5. The molecule has 15 heavy (non-hydrogen) atoms. The number of ether oxygens (including phenoxy) is 1. The number of hydrogen-bond donors (Lipinski definition) is 1. The summed E-state index contributed by atoms with van der Waals surface area (Å²) in [5.74, 6) is -0.387. The SMILES string of the molecule is COC(=O)[C@H]1CCc2ccccc2[C@H]1N. The first-order valence-corrected chi connectivity index (χ1v) is 5.15. The Kier molecular flexibility index (Phi) is 2.73. The highest BCUT2D eigenvalue weighted by molar-refractivity contribution is 5.74. The minimum Gasteiger partial charge on any atom is -0.469 e. The summed E-state index contributed by atoms with van der Waals surface area (Å²) in [5, 5.41) is 0. The van der Waals surface area contributed by atoms with Crippen molar-refractivity contribution in [3.63, 3.8) is 0 Å². The van der Waals surface area contributed by atoms with E-state index in [2.05, 4.69) is 6.07 Å². The van der Waals surface area contributed by atoms with Crippen molar-refractivity contribution in [2.75, 3.05) is 7.11 Å². The summed E-state index contributed by atoms with van der Waals surface area (Å²) in [6.07, 6.45) is 1.69. The van der Waals surface area contributed by atoms with E-state index < -0.39 is 0 Å². The number of methoxy groups -OCH3 is 1. The zero-order valence-corrected chi connectivity index (χ0v) is 8.77. The molecule has 0 saturated heterocycles. The van der Waals surface area contributed by atoms with Gasteiger partial charge in [-0.15, -0.1) is 0 Å². The van der Waals surface area contributed by atoms with Crippen molar-refractivity contribution < 1.29 is 9.53 Å². The molecule has 0 saturated carbocycles. The molecule has 1 aliphatic carbocycles. The van der Waals surface area contributed by atoms with Gasteiger partial charge in [-0.3, -0.25) is 4.79 Å². The highest BCUT2D eigenvalue weighted by Gasteiger charge is 2.32. The Morgan fingerprint density at radius 1 is 1.47 bits per heavy atom. The van der Waals surface area contributed by atoms with Crippen molar-refractivity contribution in [3.05, 3.63) is 35.4 Å². The summed E-state index contributed by atoms with van der Waals surface area (Å²) in [4.78, 5) is 11.5. The van der Waals surface area contributed by atoms with E-state index in [-0.39, 0.29) is 17.9 Å². The van der Waals surface area contributed by atoms with Crippen LogP contribution in [0.4, 0.5) is 0 Å². The number of fused-ring (bicyclic) bond motifs is 1. The molecule has 0 unspecified atom stereocenters. The van der Waals surface area contributed by atoms with Crippen LogP contribution in [0.1, 0.15) is 23.6 Å². The first-order chi connectivity index (χ1) is 7.24. The Morgan fingerprint density at radius 3 is 2.93 bits per heavy atom. The van der Waals surface area contributed by atoms with E-state index in [0.717, 1.165) is 18.4 Å². The molecule has 0 bridgehead atoms. The number of rotatable bonds is 1. The molecule has 3 heteroatoms. The molecule has 1 aromatic rings. The zero-order chi connectivity index (χ0) is 10.8. The average Bonchev–Trinajstić information content (AvgIpc) is 2.29. The van der Waals surface area contributed by atoms with E-state index in [1.165, 1.54) is 12.7 Å². The summed E-state index contributed by atoms with van der Waals surface area (Å²) in [7, 11) is 1.41. The van der Waals surface area contributed by atoms with Crippen molar-refractivity contribution in [1.29, 1.82) is 0 Å². The third-order valence-corrected chi connectivity index (χ3v) is 3.08. The van der Waals surface area contributed by atoms with Gasteiger partial charge in [0.05, 0.1) is 13.0 Å². The van der Waals surface area contributed by atoms with Crippen molar-refractivity contribution in [1.82, 2.24) is 0 Å². The van der Waals surface area contributed by atoms with Crippen molar-refractivity contribution in [2.45, 2.75) is 18.9 Å². The molecule has 0 heterocycles. The van der Waals surface area contributed by atoms with E-state index in [1.54, 1.807) is 0 Å². The van der Waals surface area contributed by atoms with E-state index in [4.69, 9.17) is 10.5 Å². The van der Waals surface area contributed by atoms with Gasteiger partial charge in [-0.1, -0.05) is 24.3 Å². The molecule has 0 fully saturated rings. The number of esters is 1. The van der Waals surface area contributed by atoms with Gasteiger partial charge in [0, 0.05) is 6.04 Å². The molecule has 0 spiro atoms. The van der Waals surface area contributed by atoms with Crippen LogP contribution in [0.3, 0.4) is 0 Å². The van der Waals surface area contributed by atoms with Crippen LogP contribution in [0.5, 0.6) is 0 Å².